The van der Waals surface area contributed by atoms with E-state index >= 15 is 0 Å². The van der Waals surface area contributed by atoms with Crippen LogP contribution in [0.1, 0.15) is 63.5 Å². The van der Waals surface area contributed by atoms with Gasteiger partial charge in [0.05, 0.1) is 6.54 Å². The predicted octanol–water partition coefficient (Wildman–Crippen LogP) is 3.90. The molecule has 6 nitrogen and oxygen atoms in total. The highest BCUT2D eigenvalue weighted by molar-refractivity contribution is 5.90. The van der Waals surface area contributed by atoms with Gasteiger partial charge in [0.1, 0.15) is 6.04 Å². The molecule has 6 heteroatoms. The van der Waals surface area contributed by atoms with Crippen molar-refractivity contribution in [1.82, 2.24) is 20.4 Å². The normalized spacial score (nSPS) is 28.6. The Hall–Kier alpha value is -2.63. The zero-order valence-electron chi connectivity index (χ0n) is 19.8. The summed E-state index contributed by atoms with van der Waals surface area (Å²) in [7, 11) is 0. The molecule has 1 aromatic heterocycles. The SMILES string of the molecule is CC(C)C(NC(=O)C12CC3CC(CC(C3)C1)C2)C(=O)NCc1ccccc1Cn1cccn1. The molecule has 1 heterocycles. The monoisotopic (exact) mass is 448 g/mol. The van der Waals surface area contributed by atoms with Crippen molar-refractivity contribution >= 4 is 11.8 Å². The van der Waals surface area contributed by atoms with E-state index in [1.807, 2.05) is 49.0 Å². The lowest BCUT2D eigenvalue weighted by Gasteiger charge is -2.55. The number of hydrogen-bond acceptors (Lipinski definition) is 3. The van der Waals surface area contributed by atoms with Crippen molar-refractivity contribution in [1.29, 1.82) is 0 Å². The van der Waals surface area contributed by atoms with E-state index in [4.69, 9.17) is 0 Å². The van der Waals surface area contributed by atoms with Gasteiger partial charge < -0.3 is 10.6 Å². The molecule has 2 amide bonds. The molecule has 33 heavy (non-hydrogen) atoms. The van der Waals surface area contributed by atoms with Crippen LogP contribution in [0.2, 0.25) is 0 Å². The summed E-state index contributed by atoms with van der Waals surface area (Å²) < 4.78 is 1.88. The Bertz CT molecular complexity index is 962. The molecule has 2 N–H and O–H groups in total. The summed E-state index contributed by atoms with van der Waals surface area (Å²) in [5, 5.41) is 10.6. The Morgan fingerprint density at radius 1 is 1.03 bits per heavy atom. The van der Waals surface area contributed by atoms with E-state index < -0.39 is 6.04 Å². The van der Waals surface area contributed by atoms with E-state index in [0.717, 1.165) is 30.4 Å². The third-order valence-corrected chi connectivity index (χ3v) is 8.22. The van der Waals surface area contributed by atoms with E-state index in [1.54, 1.807) is 6.20 Å². The number of hydrogen-bond donors (Lipinski definition) is 2. The van der Waals surface area contributed by atoms with Gasteiger partial charge in [-0.2, -0.15) is 5.10 Å². The molecular formula is C27H36N4O2. The second kappa shape index (κ2) is 8.96. The van der Waals surface area contributed by atoms with Crippen molar-refractivity contribution < 1.29 is 9.59 Å². The maximum atomic E-state index is 13.5. The van der Waals surface area contributed by atoms with Gasteiger partial charge in [-0.25, -0.2) is 0 Å². The van der Waals surface area contributed by atoms with Crippen molar-refractivity contribution in [2.75, 3.05) is 0 Å². The number of amides is 2. The number of benzene rings is 1. The van der Waals surface area contributed by atoms with Gasteiger partial charge in [0, 0.05) is 24.4 Å². The Morgan fingerprint density at radius 2 is 1.67 bits per heavy atom. The number of carbonyl (C=O) groups is 2. The molecule has 0 radical (unpaired) electrons. The first-order valence-corrected chi connectivity index (χ1v) is 12.5. The molecule has 2 aromatic rings. The minimum absolute atomic E-state index is 0.0298. The van der Waals surface area contributed by atoms with Crippen LogP contribution < -0.4 is 10.6 Å². The van der Waals surface area contributed by atoms with Crippen LogP contribution in [0.25, 0.3) is 0 Å². The molecule has 0 aliphatic heterocycles. The summed E-state index contributed by atoms with van der Waals surface area (Å²) in [6, 6.07) is 9.50. The van der Waals surface area contributed by atoms with Crippen molar-refractivity contribution in [3.8, 4) is 0 Å². The first kappa shape index (κ1) is 22.2. The minimum atomic E-state index is -0.510. The molecule has 4 aliphatic rings. The van der Waals surface area contributed by atoms with E-state index in [0.29, 0.717) is 30.8 Å². The second-order valence-corrected chi connectivity index (χ2v) is 11.1. The minimum Gasteiger partial charge on any atom is -0.350 e. The molecule has 176 valence electrons. The second-order valence-electron chi connectivity index (χ2n) is 11.1. The Labute approximate surface area is 196 Å². The Balaban J connectivity index is 1.23. The lowest BCUT2D eigenvalue weighted by Crippen LogP contribution is -2.58. The maximum absolute atomic E-state index is 13.5. The fraction of sp³-hybridized carbons (Fsp3) is 0.593. The van der Waals surface area contributed by atoms with Gasteiger partial charge in [-0.15, -0.1) is 0 Å². The third-order valence-electron chi connectivity index (χ3n) is 8.22. The van der Waals surface area contributed by atoms with Gasteiger partial charge in [-0.1, -0.05) is 38.1 Å². The number of nitrogens with zero attached hydrogens (tertiary/aromatic N) is 2. The van der Waals surface area contributed by atoms with E-state index in [-0.39, 0.29) is 23.1 Å². The summed E-state index contributed by atoms with van der Waals surface area (Å²) in [6.07, 6.45) is 10.7. The van der Waals surface area contributed by atoms with Crippen LogP contribution in [-0.4, -0.2) is 27.6 Å². The van der Waals surface area contributed by atoms with Crippen LogP contribution in [0.4, 0.5) is 0 Å². The zero-order valence-corrected chi connectivity index (χ0v) is 19.8. The first-order chi connectivity index (χ1) is 15.9. The number of rotatable bonds is 8. The molecule has 1 unspecified atom stereocenters. The standard InChI is InChI=1S/C27H36N4O2/c1-18(2)24(30-26(33)27-13-19-10-20(14-27)12-21(11-19)15-27)25(32)28-16-22-6-3-4-7-23(22)17-31-9-5-8-29-31/h3-9,18-21,24H,10-17H2,1-2H3,(H,28,32)(H,30,33). The van der Waals surface area contributed by atoms with Gasteiger partial charge in [-0.05, 0) is 79.4 Å². The van der Waals surface area contributed by atoms with Crippen molar-refractivity contribution in [2.45, 2.75) is 71.5 Å². The lowest BCUT2D eigenvalue weighted by atomic mass is 9.49. The number of nitrogens with one attached hydrogen (secondary N) is 2. The van der Waals surface area contributed by atoms with E-state index in [9.17, 15) is 9.59 Å². The molecule has 0 spiro atoms. The van der Waals surface area contributed by atoms with E-state index in [2.05, 4.69) is 21.8 Å². The highest BCUT2D eigenvalue weighted by Crippen LogP contribution is 2.60. The number of carbonyl (C=O) groups excluding carboxylic acids is 2. The molecule has 1 aromatic carbocycles. The first-order valence-electron chi connectivity index (χ1n) is 12.5. The lowest BCUT2D eigenvalue weighted by molar-refractivity contribution is -0.149. The van der Waals surface area contributed by atoms with Gasteiger partial charge in [-0.3, -0.25) is 14.3 Å². The van der Waals surface area contributed by atoms with E-state index in [1.165, 1.54) is 19.3 Å². The largest absolute Gasteiger partial charge is 0.350 e. The topological polar surface area (TPSA) is 76.0 Å². The maximum Gasteiger partial charge on any atom is 0.243 e. The third kappa shape index (κ3) is 4.57. The molecule has 0 saturated heterocycles. The predicted molar refractivity (Wildman–Crippen MR) is 127 cm³/mol. The summed E-state index contributed by atoms with van der Waals surface area (Å²) in [5.41, 5.74) is 1.95. The van der Waals surface area contributed by atoms with Crippen molar-refractivity contribution in [3.05, 3.63) is 53.9 Å². The summed E-state index contributed by atoms with van der Waals surface area (Å²) in [6.45, 7) is 5.12. The fourth-order valence-corrected chi connectivity index (χ4v) is 6.96. The molecule has 4 aliphatic carbocycles. The van der Waals surface area contributed by atoms with Crippen LogP contribution in [-0.2, 0) is 22.7 Å². The molecule has 4 saturated carbocycles. The quantitative estimate of drug-likeness (QED) is 0.643. The van der Waals surface area contributed by atoms with Gasteiger partial charge >= 0.3 is 0 Å². The van der Waals surface area contributed by atoms with Crippen molar-refractivity contribution in [3.63, 3.8) is 0 Å². The van der Waals surface area contributed by atoms with Crippen LogP contribution in [0.3, 0.4) is 0 Å². The summed E-state index contributed by atoms with van der Waals surface area (Å²) >= 11 is 0. The zero-order chi connectivity index (χ0) is 23.0. The van der Waals surface area contributed by atoms with Crippen LogP contribution in [0, 0.1) is 29.1 Å². The fourth-order valence-electron chi connectivity index (χ4n) is 6.96. The Kier molecular flexibility index (Phi) is 6.02. The van der Waals surface area contributed by atoms with Crippen LogP contribution in [0.15, 0.2) is 42.7 Å². The highest BCUT2D eigenvalue weighted by Gasteiger charge is 2.55. The van der Waals surface area contributed by atoms with Gasteiger partial charge in [0.15, 0.2) is 0 Å². The molecule has 6 rings (SSSR count). The molecule has 4 bridgehead atoms. The summed E-state index contributed by atoms with van der Waals surface area (Å²) in [4.78, 5) is 26.7. The highest BCUT2D eigenvalue weighted by atomic mass is 16.2. The van der Waals surface area contributed by atoms with Gasteiger partial charge in [0.25, 0.3) is 0 Å². The Morgan fingerprint density at radius 3 is 2.24 bits per heavy atom. The summed E-state index contributed by atoms with van der Waals surface area (Å²) in [5.74, 6) is 2.17. The van der Waals surface area contributed by atoms with Gasteiger partial charge in [0.2, 0.25) is 11.8 Å². The van der Waals surface area contributed by atoms with Crippen LogP contribution >= 0.6 is 0 Å². The van der Waals surface area contributed by atoms with Crippen molar-refractivity contribution in [2.24, 2.45) is 29.1 Å². The number of aromatic nitrogens is 2. The van der Waals surface area contributed by atoms with Crippen LogP contribution in [0.5, 0.6) is 0 Å². The molecule has 4 fully saturated rings. The smallest absolute Gasteiger partial charge is 0.243 e. The average Bonchev–Trinajstić information content (AvgIpc) is 3.28. The molecule has 1 atom stereocenters. The molecular weight excluding hydrogens is 412 g/mol. The average molecular weight is 449 g/mol.